The van der Waals surface area contributed by atoms with Gasteiger partial charge in [-0.05, 0) is 32.0 Å². The minimum Gasteiger partial charge on any atom is -0.338 e. The van der Waals surface area contributed by atoms with Crippen molar-refractivity contribution in [1.82, 2.24) is 10.2 Å². The standard InChI is InChI=1S/C15H18N2OS/c1-16-8-11-6-7-17(9-11)15(18)13-10-19-14-5-3-2-4-12(13)14/h2-5,10-11,16H,6-9H2,1H3. The number of rotatable bonds is 3. The summed E-state index contributed by atoms with van der Waals surface area (Å²) in [5, 5.41) is 6.29. The van der Waals surface area contributed by atoms with Crippen molar-refractivity contribution in [3.63, 3.8) is 0 Å². The van der Waals surface area contributed by atoms with Crippen molar-refractivity contribution in [2.75, 3.05) is 26.7 Å². The number of fused-ring (bicyclic) bond motifs is 1. The Hall–Kier alpha value is -1.39. The molecule has 100 valence electrons. The van der Waals surface area contributed by atoms with Crippen LogP contribution in [0.2, 0.25) is 0 Å². The van der Waals surface area contributed by atoms with Gasteiger partial charge in [-0.3, -0.25) is 4.79 Å². The van der Waals surface area contributed by atoms with Gasteiger partial charge in [0.1, 0.15) is 0 Å². The zero-order valence-corrected chi connectivity index (χ0v) is 11.9. The van der Waals surface area contributed by atoms with Crippen molar-refractivity contribution in [2.24, 2.45) is 5.92 Å². The molecule has 1 amide bonds. The zero-order chi connectivity index (χ0) is 13.2. The number of thiophene rings is 1. The molecule has 1 aromatic carbocycles. The first kappa shape index (κ1) is 12.6. The summed E-state index contributed by atoms with van der Waals surface area (Å²) in [6.45, 7) is 2.76. The molecule has 2 aromatic rings. The molecule has 1 aromatic heterocycles. The second-order valence-electron chi connectivity index (χ2n) is 5.11. The van der Waals surface area contributed by atoms with Gasteiger partial charge in [0.2, 0.25) is 0 Å². The maximum absolute atomic E-state index is 12.6. The summed E-state index contributed by atoms with van der Waals surface area (Å²) in [6.07, 6.45) is 1.11. The molecule has 1 saturated heterocycles. The van der Waals surface area contributed by atoms with Crippen molar-refractivity contribution in [3.8, 4) is 0 Å². The highest BCUT2D eigenvalue weighted by molar-refractivity contribution is 7.17. The molecule has 1 fully saturated rings. The van der Waals surface area contributed by atoms with Gasteiger partial charge >= 0.3 is 0 Å². The molecular formula is C15H18N2OS. The predicted molar refractivity (Wildman–Crippen MR) is 79.8 cm³/mol. The number of likely N-dealkylation sites (tertiary alicyclic amines) is 1. The molecule has 4 heteroatoms. The topological polar surface area (TPSA) is 32.3 Å². The van der Waals surface area contributed by atoms with Gasteiger partial charge in [0.15, 0.2) is 0 Å². The first-order chi connectivity index (χ1) is 9.29. The van der Waals surface area contributed by atoms with Crippen molar-refractivity contribution < 1.29 is 4.79 Å². The van der Waals surface area contributed by atoms with E-state index in [4.69, 9.17) is 0 Å². The first-order valence-corrected chi connectivity index (χ1v) is 7.57. The number of benzene rings is 1. The maximum Gasteiger partial charge on any atom is 0.255 e. The Morgan fingerprint density at radius 1 is 1.47 bits per heavy atom. The molecule has 3 nitrogen and oxygen atoms in total. The molecule has 19 heavy (non-hydrogen) atoms. The van der Waals surface area contributed by atoms with Crippen LogP contribution in [0.1, 0.15) is 16.8 Å². The van der Waals surface area contributed by atoms with Crippen LogP contribution in [0.15, 0.2) is 29.6 Å². The lowest BCUT2D eigenvalue weighted by Gasteiger charge is -2.16. The molecule has 1 N–H and O–H groups in total. The lowest BCUT2D eigenvalue weighted by Crippen LogP contribution is -2.30. The smallest absolute Gasteiger partial charge is 0.255 e. The Bertz CT molecular complexity index is 593. The van der Waals surface area contributed by atoms with Crippen LogP contribution in [0, 0.1) is 5.92 Å². The van der Waals surface area contributed by atoms with E-state index in [2.05, 4.69) is 11.4 Å². The van der Waals surface area contributed by atoms with Gasteiger partial charge in [0.25, 0.3) is 5.91 Å². The lowest BCUT2D eigenvalue weighted by atomic mass is 10.1. The van der Waals surface area contributed by atoms with Gasteiger partial charge in [-0.25, -0.2) is 0 Å². The summed E-state index contributed by atoms with van der Waals surface area (Å²) in [5.41, 5.74) is 0.866. The maximum atomic E-state index is 12.6. The Morgan fingerprint density at radius 2 is 2.32 bits per heavy atom. The normalized spacial score (nSPS) is 19.2. The molecule has 1 atom stereocenters. The lowest BCUT2D eigenvalue weighted by molar-refractivity contribution is 0.0789. The second-order valence-corrected chi connectivity index (χ2v) is 6.02. The van der Waals surface area contributed by atoms with Crippen LogP contribution in [-0.4, -0.2) is 37.5 Å². The Morgan fingerprint density at radius 3 is 3.16 bits per heavy atom. The number of nitrogens with one attached hydrogen (secondary N) is 1. The summed E-state index contributed by atoms with van der Waals surface area (Å²) in [6, 6.07) is 8.14. The highest BCUT2D eigenvalue weighted by Crippen LogP contribution is 2.28. The molecule has 1 aliphatic heterocycles. The monoisotopic (exact) mass is 274 g/mol. The molecular weight excluding hydrogens is 256 g/mol. The van der Waals surface area contributed by atoms with Gasteiger partial charge in [0, 0.05) is 28.6 Å². The average Bonchev–Trinajstić information content (AvgIpc) is 3.05. The van der Waals surface area contributed by atoms with Crippen LogP contribution in [0.5, 0.6) is 0 Å². The van der Waals surface area contributed by atoms with E-state index in [0.29, 0.717) is 5.92 Å². The van der Waals surface area contributed by atoms with Gasteiger partial charge in [0.05, 0.1) is 5.56 Å². The molecule has 0 saturated carbocycles. The van der Waals surface area contributed by atoms with Crippen LogP contribution in [-0.2, 0) is 0 Å². The highest BCUT2D eigenvalue weighted by atomic mass is 32.1. The minimum absolute atomic E-state index is 0.191. The van der Waals surface area contributed by atoms with Gasteiger partial charge < -0.3 is 10.2 Å². The van der Waals surface area contributed by atoms with Crippen molar-refractivity contribution in [1.29, 1.82) is 0 Å². The van der Waals surface area contributed by atoms with Crippen LogP contribution in [0.4, 0.5) is 0 Å². The Labute approximate surface area is 117 Å². The number of carbonyl (C=O) groups excluding carboxylic acids is 1. The van der Waals surface area contributed by atoms with E-state index in [1.165, 1.54) is 4.70 Å². The van der Waals surface area contributed by atoms with Crippen molar-refractivity contribution in [3.05, 3.63) is 35.2 Å². The summed E-state index contributed by atoms with van der Waals surface area (Å²) in [4.78, 5) is 14.6. The van der Waals surface area contributed by atoms with E-state index < -0.39 is 0 Å². The van der Waals surface area contributed by atoms with Crippen molar-refractivity contribution >= 4 is 27.3 Å². The second kappa shape index (κ2) is 5.31. The van der Waals surface area contributed by atoms with E-state index in [1.54, 1.807) is 11.3 Å². The highest BCUT2D eigenvalue weighted by Gasteiger charge is 2.27. The number of nitrogens with zero attached hydrogens (tertiary/aromatic N) is 1. The Balaban J connectivity index is 1.81. The summed E-state index contributed by atoms with van der Waals surface area (Å²) < 4.78 is 1.19. The third-order valence-electron chi connectivity index (χ3n) is 3.78. The van der Waals surface area contributed by atoms with Crippen LogP contribution >= 0.6 is 11.3 Å². The molecule has 0 bridgehead atoms. The molecule has 1 unspecified atom stereocenters. The zero-order valence-electron chi connectivity index (χ0n) is 11.1. The number of carbonyl (C=O) groups is 1. The summed E-state index contributed by atoms with van der Waals surface area (Å²) >= 11 is 1.65. The first-order valence-electron chi connectivity index (χ1n) is 6.69. The summed E-state index contributed by atoms with van der Waals surface area (Å²) in [7, 11) is 1.97. The fourth-order valence-electron chi connectivity index (χ4n) is 2.79. The predicted octanol–water partition coefficient (Wildman–Crippen LogP) is 2.58. The van der Waals surface area contributed by atoms with Gasteiger partial charge in [-0.2, -0.15) is 0 Å². The number of amides is 1. The third kappa shape index (κ3) is 2.38. The van der Waals surface area contributed by atoms with Crippen LogP contribution in [0.25, 0.3) is 10.1 Å². The molecule has 1 aliphatic rings. The van der Waals surface area contributed by atoms with E-state index in [-0.39, 0.29) is 5.91 Å². The fraction of sp³-hybridized carbons (Fsp3) is 0.400. The largest absolute Gasteiger partial charge is 0.338 e. The minimum atomic E-state index is 0.191. The van der Waals surface area contributed by atoms with Gasteiger partial charge in [-0.15, -0.1) is 11.3 Å². The SMILES string of the molecule is CNCC1CCN(C(=O)c2csc3ccccc23)C1. The van der Waals surface area contributed by atoms with Crippen LogP contribution < -0.4 is 5.32 Å². The van der Waals surface area contributed by atoms with Crippen LogP contribution in [0.3, 0.4) is 0 Å². The van der Waals surface area contributed by atoms with Crippen molar-refractivity contribution in [2.45, 2.75) is 6.42 Å². The van der Waals surface area contributed by atoms with E-state index in [9.17, 15) is 4.79 Å². The molecule has 2 heterocycles. The molecule has 0 aliphatic carbocycles. The average molecular weight is 274 g/mol. The van der Waals surface area contributed by atoms with E-state index in [0.717, 1.165) is 37.0 Å². The number of hydrogen-bond donors (Lipinski definition) is 1. The quantitative estimate of drug-likeness (QED) is 0.933. The fourth-order valence-corrected chi connectivity index (χ4v) is 3.72. The molecule has 0 radical (unpaired) electrons. The molecule has 3 rings (SSSR count). The van der Waals surface area contributed by atoms with Gasteiger partial charge in [-0.1, -0.05) is 18.2 Å². The van der Waals surface area contributed by atoms with E-state index >= 15 is 0 Å². The Kier molecular flexibility index (Phi) is 3.53. The number of hydrogen-bond acceptors (Lipinski definition) is 3. The summed E-state index contributed by atoms with van der Waals surface area (Å²) in [5.74, 6) is 0.787. The van der Waals surface area contributed by atoms with E-state index in [1.807, 2.05) is 35.5 Å². The molecule has 0 spiro atoms. The third-order valence-corrected chi connectivity index (χ3v) is 4.74.